The number of fused-ring (bicyclic) bond motifs is 3. The molecule has 0 unspecified atom stereocenters. The Hall–Kier alpha value is -2.54. The lowest BCUT2D eigenvalue weighted by molar-refractivity contribution is 0.660. The molecule has 0 spiro atoms. The Morgan fingerprint density at radius 2 is 2.18 bits per heavy atom. The number of imidazole rings is 1. The fraction of sp³-hybridized carbons (Fsp3) is 0.200. The van der Waals surface area contributed by atoms with Crippen LogP contribution in [0.5, 0.6) is 0 Å². The topological polar surface area (TPSA) is 68.5 Å². The average molecular weight is 310 g/mol. The Morgan fingerprint density at radius 3 is 3.09 bits per heavy atom. The zero-order chi connectivity index (χ0) is 14.8. The van der Waals surface area contributed by atoms with Gasteiger partial charge in [0.15, 0.2) is 0 Å². The first kappa shape index (κ1) is 13.1. The average Bonchev–Trinajstić information content (AvgIpc) is 3.19. The molecule has 22 heavy (non-hydrogen) atoms. The molecule has 0 amide bonds. The summed E-state index contributed by atoms with van der Waals surface area (Å²) < 4.78 is 3.14. The van der Waals surface area contributed by atoms with Crippen molar-refractivity contribution in [3.05, 3.63) is 43.4 Å². The summed E-state index contributed by atoms with van der Waals surface area (Å²) in [5.41, 5.74) is 0.972. The lowest BCUT2D eigenvalue weighted by Crippen LogP contribution is -2.07. The predicted molar refractivity (Wildman–Crippen MR) is 88.0 cm³/mol. The van der Waals surface area contributed by atoms with Gasteiger partial charge < -0.3 is 9.88 Å². The first-order valence-corrected chi connectivity index (χ1v) is 7.91. The number of nitrogens with zero attached hydrogens (tertiary/aromatic N) is 5. The Bertz CT molecular complexity index is 899. The van der Waals surface area contributed by atoms with Crippen LogP contribution in [0.15, 0.2) is 43.4 Å². The molecular formula is C15H14N6S. The molecular weight excluding hydrogens is 296 g/mol. The monoisotopic (exact) mass is 310 g/mol. The van der Waals surface area contributed by atoms with Gasteiger partial charge in [0.05, 0.1) is 16.5 Å². The van der Waals surface area contributed by atoms with Gasteiger partial charge in [-0.1, -0.05) is 0 Å². The van der Waals surface area contributed by atoms with E-state index in [1.54, 1.807) is 23.9 Å². The summed E-state index contributed by atoms with van der Waals surface area (Å²) in [6.45, 7) is 1.79. The Morgan fingerprint density at radius 1 is 1.18 bits per heavy atom. The molecule has 0 aromatic carbocycles. The Balaban J connectivity index is 1.54. The number of anilines is 1. The van der Waals surface area contributed by atoms with E-state index in [2.05, 4.69) is 35.9 Å². The summed E-state index contributed by atoms with van der Waals surface area (Å²) in [5, 5.41) is 4.50. The van der Waals surface area contributed by atoms with Crippen LogP contribution in [0.25, 0.3) is 20.4 Å². The standard InChI is InChI=1S/C15H14N6S/c1-3-11-12-13(22-15(11)18-4-1)14(20-9-19-12)17-5-2-7-21-8-6-16-10-21/h1,3-4,6,8-10H,2,5,7H2,(H,17,19,20). The highest BCUT2D eigenvalue weighted by Gasteiger charge is 2.11. The van der Waals surface area contributed by atoms with E-state index in [-0.39, 0.29) is 0 Å². The van der Waals surface area contributed by atoms with Crippen LogP contribution in [0.3, 0.4) is 0 Å². The second-order valence-corrected chi connectivity index (χ2v) is 5.94. The molecule has 1 N–H and O–H groups in total. The Labute approximate surface area is 130 Å². The van der Waals surface area contributed by atoms with Gasteiger partial charge in [0.2, 0.25) is 0 Å². The van der Waals surface area contributed by atoms with Crippen LogP contribution in [0.4, 0.5) is 5.82 Å². The number of hydrogen-bond donors (Lipinski definition) is 1. The minimum absolute atomic E-state index is 0.853. The zero-order valence-electron chi connectivity index (χ0n) is 11.8. The molecule has 0 saturated heterocycles. The largest absolute Gasteiger partial charge is 0.369 e. The van der Waals surface area contributed by atoms with Crippen LogP contribution in [0.2, 0.25) is 0 Å². The van der Waals surface area contributed by atoms with Gasteiger partial charge in [0, 0.05) is 37.1 Å². The third-order valence-corrected chi connectivity index (χ3v) is 4.58. The molecule has 0 aliphatic carbocycles. The predicted octanol–water partition coefficient (Wildman–Crippen LogP) is 2.94. The normalized spacial score (nSPS) is 11.3. The third kappa shape index (κ3) is 2.39. The maximum atomic E-state index is 4.41. The van der Waals surface area contributed by atoms with Crippen LogP contribution in [0.1, 0.15) is 6.42 Å². The fourth-order valence-corrected chi connectivity index (χ4v) is 3.49. The van der Waals surface area contributed by atoms with Crippen LogP contribution in [0, 0.1) is 0 Å². The molecule has 0 aliphatic rings. The van der Waals surface area contributed by atoms with E-state index in [1.165, 1.54) is 0 Å². The van der Waals surface area contributed by atoms with Crippen molar-refractivity contribution < 1.29 is 0 Å². The van der Waals surface area contributed by atoms with Gasteiger partial charge in [-0.05, 0) is 18.6 Å². The summed E-state index contributed by atoms with van der Waals surface area (Å²) in [7, 11) is 0. The van der Waals surface area contributed by atoms with E-state index in [1.807, 2.05) is 24.8 Å². The summed E-state index contributed by atoms with van der Waals surface area (Å²) in [6, 6.07) is 3.99. The van der Waals surface area contributed by atoms with E-state index in [0.29, 0.717) is 0 Å². The zero-order valence-corrected chi connectivity index (χ0v) is 12.6. The number of hydrogen-bond acceptors (Lipinski definition) is 6. The van der Waals surface area contributed by atoms with Gasteiger partial charge in [0.1, 0.15) is 17.0 Å². The highest BCUT2D eigenvalue weighted by molar-refractivity contribution is 7.25. The van der Waals surface area contributed by atoms with Gasteiger partial charge in [0.25, 0.3) is 0 Å². The first-order valence-electron chi connectivity index (χ1n) is 7.09. The molecule has 4 aromatic rings. The van der Waals surface area contributed by atoms with Gasteiger partial charge in [-0.3, -0.25) is 0 Å². The molecule has 4 aromatic heterocycles. The van der Waals surface area contributed by atoms with E-state index < -0.39 is 0 Å². The Kier molecular flexibility index (Phi) is 3.40. The minimum Gasteiger partial charge on any atom is -0.369 e. The molecule has 7 heteroatoms. The van der Waals surface area contributed by atoms with Crippen LogP contribution >= 0.6 is 11.3 Å². The molecule has 0 aliphatic heterocycles. The number of aromatic nitrogens is 5. The highest BCUT2D eigenvalue weighted by Crippen LogP contribution is 2.34. The lowest BCUT2D eigenvalue weighted by Gasteiger charge is -2.06. The number of aryl methyl sites for hydroxylation is 1. The maximum absolute atomic E-state index is 4.41. The minimum atomic E-state index is 0.853. The number of rotatable bonds is 5. The van der Waals surface area contributed by atoms with Crippen molar-refractivity contribution >= 4 is 37.6 Å². The lowest BCUT2D eigenvalue weighted by atomic mass is 10.3. The molecule has 6 nitrogen and oxygen atoms in total. The number of nitrogens with one attached hydrogen (secondary N) is 1. The van der Waals surface area contributed by atoms with E-state index >= 15 is 0 Å². The van der Waals surface area contributed by atoms with Crippen molar-refractivity contribution in [2.75, 3.05) is 11.9 Å². The maximum Gasteiger partial charge on any atom is 0.147 e. The van der Waals surface area contributed by atoms with Crippen molar-refractivity contribution in [3.8, 4) is 0 Å². The molecule has 0 fully saturated rings. The molecule has 0 saturated carbocycles. The molecule has 0 radical (unpaired) electrons. The quantitative estimate of drug-likeness (QED) is 0.574. The third-order valence-electron chi connectivity index (χ3n) is 3.47. The number of pyridine rings is 1. The van der Waals surface area contributed by atoms with Crippen LogP contribution in [-0.2, 0) is 6.54 Å². The summed E-state index contributed by atoms with van der Waals surface area (Å²) in [6.07, 6.45) is 10.0. The highest BCUT2D eigenvalue weighted by atomic mass is 32.1. The van der Waals surface area contributed by atoms with Crippen molar-refractivity contribution in [1.82, 2.24) is 24.5 Å². The number of thiophene rings is 1. The van der Waals surface area contributed by atoms with E-state index in [9.17, 15) is 0 Å². The summed E-state index contributed by atoms with van der Waals surface area (Å²) in [5.74, 6) is 0.888. The van der Waals surface area contributed by atoms with Crippen LogP contribution < -0.4 is 5.32 Å². The summed E-state index contributed by atoms with van der Waals surface area (Å²) in [4.78, 5) is 18.2. The molecule has 4 heterocycles. The van der Waals surface area contributed by atoms with Gasteiger partial charge in [-0.25, -0.2) is 19.9 Å². The SMILES string of the molecule is c1cnc2sc3c(NCCCn4ccnc4)ncnc3c2c1. The van der Waals surface area contributed by atoms with Crippen molar-refractivity contribution in [2.45, 2.75) is 13.0 Å². The van der Waals surface area contributed by atoms with Crippen molar-refractivity contribution in [1.29, 1.82) is 0 Å². The second-order valence-electron chi connectivity index (χ2n) is 4.94. The summed E-state index contributed by atoms with van der Waals surface area (Å²) >= 11 is 1.63. The van der Waals surface area contributed by atoms with Crippen molar-refractivity contribution in [3.63, 3.8) is 0 Å². The van der Waals surface area contributed by atoms with Gasteiger partial charge in [-0.15, -0.1) is 11.3 Å². The van der Waals surface area contributed by atoms with Gasteiger partial charge in [-0.2, -0.15) is 0 Å². The molecule has 0 atom stereocenters. The van der Waals surface area contributed by atoms with Crippen LogP contribution in [-0.4, -0.2) is 31.0 Å². The van der Waals surface area contributed by atoms with E-state index in [0.717, 1.165) is 45.8 Å². The molecule has 110 valence electrons. The smallest absolute Gasteiger partial charge is 0.147 e. The second kappa shape index (κ2) is 5.69. The van der Waals surface area contributed by atoms with E-state index in [4.69, 9.17) is 0 Å². The fourth-order valence-electron chi connectivity index (χ4n) is 2.42. The van der Waals surface area contributed by atoms with Gasteiger partial charge >= 0.3 is 0 Å². The first-order chi connectivity index (χ1) is 10.9. The van der Waals surface area contributed by atoms with Crippen molar-refractivity contribution in [2.24, 2.45) is 0 Å². The molecule has 4 rings (SSSR count). The molecule has 0 bridgehead atoms.